The Kier molecular flexibility index (Phi) is 6.44. The number of benzene rings is 1. The van der Waals surface area contributed by atoms with Crippen molar-refractivity contribution in [3.8, 4) is 0 Å². The normalized spacial score (nSPS) is 13.4. The summed E-state index contributed by atoms with van der Waals surface area (Å²) in [6.45, 7) is 2.87. The Morgan fingerprint density at radius 1 is 1.37 bits per heavy atom. The Bertz CT molecular complexity index is 486. The Labute approximate surface area is 115 Å². The van der Waals surface area contributed by atoms with Gasteiger partial charge < -0.3 is 10.5 Å². The van der Waals surface area contributed by atoms with E-state index < -0.39 is 10.0 Å². The SMILES string of the molecule is COCCCCNS(=O)(=O)c1cccc(C(C)N)c1. The molecule has 0 saturated carbocycles. The van der Waals surface area contributed by atoms with Gasteiger partial charge in [-0.25, -0.2) is 13.1 Å². The number of sulfonamides is 1. The average Bonchev–Trinajstić information content (AvgIpc) is 2.38. The number of ether oxygens (including phenoxy) is 1. The summed E-state index contributed by atoms with van der Waals surface area (Å²) in [5.74, 6) is 0. The molecule has 0 fully saturated rings. The number of methoxy groups -OCH3 is 1. The van der Waals surface area contributed by atoms with E-state index in [9.17, 15) is 8.42 Å². The largest absolute Gasteiger partial charge is 0.385 e. The Morgan fingerprint density at radius 2 is 2.11 bits per heavy atom. The van der Waals surface area contributed by atoms with Crippen molar-refractivity contribution in [3.05, 3.63) is 29.8 Å². The number of nitrogens with one attached hydrogen (secondary N) is 1. The molecule has 19 heavy (non-hydrogen) atoms. The lowest BCUT2D eigenvalue weighted by Crippen LogP contribution is -2.25. The highest BCUT2D eigenvalue weighted by Crippen LogP contribution is 2.15. The molecule has 6 heteroatoms. The third-order valence-corrected chi connectivity index (χ3v) is 4.22. The van der Waals surface area contributed by atoms with Crippen LogP contribution in [0.2, 0.25) is 0 Å². The van der Waals surface area contributed by atoms with Crippen LogP contribution in [-0.2, 0) is 14.8 Å². The van der Waals surface area contributed by atoms with Crippen molar-refractivity contribution in [1.29, 1.82) is 0 Å². The number of rotatable bonds is 8. The molecule has 1 aromatic rings. The van der Waals surface area contributed by atoms with Gasteiger partial charge in [-0.3, -0.25) is 0 Å². The molecule has 3 N–H and O–H groups in total. The van der Waals surface area contributed by atoms with Crippen LogP contribution >= 0.6 is 0 Å². The molecule has 1 rings (SSSR count). The van der Waals surface area contributed by atoms with Gasteiger partial charge in [0.15, 0.2) is 0 Å². The summed E-state index contributed by atoms with van der Waals surface area (Å²) in [7, 11) is -1.82. The van der Waals surface area contributed by atoms with Gasteiger partial charge in [0.1, 0.15) is 0 Å². The van der Waals surface area contributed by atoms with Crippen molar-refractivity contribution < 1.29 is 13.2 Å². The minimum atomic E-state index is -3.45. The standard InChI is InChI=1S/C13H22N2O3S/c1-11(14)12-6-5-7-13(10-12)19(16,17)15-8-3-4-9-18-2/h5-7,10-11,15H,3-4,8-9,14H2,1-2H3. The van der Waals surface area contributed by atoms with Gasteiger partial charge in [-0.1, -0.05) is 12.1 Å². The molecular weight excluding hydrogens is 264 g/mol. The molecule has 1 aromatic carbocycles. The fourth-order valence-electron chi connectivity index (χ4n) is 1.63. The lowest BCUT2D eigenvalue weighted by molar-refractivity contribution is 0.193. The highest BCUT2D eigenvalue weighted by Gasteiger charge is 2.14. The molecule has 0 spiro atoms. The van der Waals surface area contributed by atoms with E-state index in [0.717, 1.165) is 18.4 Å². The smallest absolute Gasteiger partial charge is 0.240 e. The molecule has 0 aliphatic carbocycles. The van der Waals surface area contributed by atoms with Gasteiger partial charge in [-0.05, 0) is 37.5 Å². The van der Waals surface area contributed by atoms with E-state index >= 15 is 0 Å². The van der Waals surface area contributed by atoms with Crippen molar-refractivity contribution in [2.24, 2.45) is 5.73 Å². The molecule has 0 amide bonds. The van der Waals surface area contributed by atoms with Crippen LogP contribution in [0.1, 0.15) is 31.4 Å². The van der Waals surface area contributed by atoms with Gasteiger partial charge in [-0.15, -0.1) is 0 Å². The van der Waals surface area contributed by atoms with Crippen molar-refractivity contribution in [1.82, 2.24) is 4.72 Å². The molecule has 108 valence electrons. The molecule has 0 saturated heterocycles. The zero-order valence-electron chi connectivity index (χ0n) is 11.4. The topological polar surface area (TPSA) is 81.4 Å². The summed E-state index contributed by atoms with van der Waals surface area (Å²) in [4.78, 5) is 0.258. The second kappa shape index (κ2) is 7.59. The van der Waals surface area contributed by atoms with Crippen molar-refractivity contribution in [2.75, 3.05) is 20.3 Å². The first kappa shape index (κ1) is 16.1. The summed E-state index contributed by atoms with van der Waals surface area (Å²) >= 11 is 0. The van der Waals surface area contributed by atoms with E-state index in [2.05, 4.69) is 4.72 Å². The van der Waals surface area contributed by atoms with E-state index in [0.29, 0.717) is 13.2 Å². The molecule has 0 heterocycles. The zero-order chi connectivity index (χ0) is 14.3. The number of unbranched alkanes of at least 4 members (excludes halogenated alkanes) is 1. The van der Waals surface area contributed by atoms with E-state index in [1.165, 1.54) is 0 Å². The van der Waals surface area contributed by atoms with Crippen molar-refractivity contribution >= 4 is 10.0 Å². The van der Waals surface area contributed by atoms with Crippen LogP contribution < -0.4 is 10.5 Å². The van der Waals surface area contributed by atoms with Crippen LogP contribution in [0.4, 0.5) is 0 Å². The maximum atomic E-state index is 12.1. The molecule has 0 aliphatic heterocycles. The van der Waals surface area contributed by atoms with Crippen LogP contribution in [0.25, 0.3) is 0 Å². The quantitative estimate of drug-likeness (QED) is 0.708. The Morgan fingerprint density at radius 3 is 2.74 bits per heavy atom. The number of nitrogens with two attached hydrogens (primary N) is 1. The van der Waals surface area contributed by atoms with Gasteiger partial charge in [0.25, 0.3) is 0 Å². The first-order valence-corrected chi connectivity index (χ1v) is 7.80. The van der Waals surface area contributed by atoms with Gasteiger partial charge in [0.2, 0.25) is 10.0 Å². The monoisotopic (exact) mass is 286 g/mol. The molecule has 0 bridgehead atoms. The highest BCUT2D eigenvalue weighted by molar-refractivity contribution is 7.89. The minimum Gasteiger partial charge on any atom is -0.385 e. The van der Waals surface area contributed by atoms with Crippen LogP contribution in [0.15, 0.2) is 29.2 Å². The zero-order valence-corrected chi connectivity index (χ0v) is 12.2. The first-order chi connectivity index (χ1) is 8.97. The number of hydrogen-bond donors (Lipinski definition) is 2. The summed E-state index contributed by atoms with van der Waals surface area (Å²) in [5, 5.41) is 0. The second-order valence-electron chi connectivity index (χ2n) is 4.46. The predicted octanol–water partition coefficient (Wildman–Crippen LogP) is 1.41. The third-order valence-electron chi connectivity index (χ3n) is 2.76. The summed E-state index contributed by atoms with van der Waals surface area (Å²) in [6.07, 6.45) is 1.58. The van der Waals surface area contributed by atoms with Gasteiger partial charge in [0, 0.05) is 26.3 Å². The molecule has 1 unspecified atom stereocenters. The highest BCUT2D eigenvalue weighted by atomic mass is 32.2. The molecule has 0 radical (unpaired) electrons. The molecule has 5 nitrogen and oxygen atoms in total. The minimum absolute atomic E-state index is 0.183. The van der Waals surface area contributed by atoms with E-state index in [1.54, 1.807) is 25.3 Å². The summed E-state index contributed by atoms with van der Waals surface area (Å²) < 4.78 is 31.6. The Hall–Kier alpha value is -0.950. The van der Waals surface area contributed by atoms with Gasteiger partial charge in [0.05, 0.1) is 4.90 Å². The molecule has 0 aliphatic rings. The Balaban J connectivity index is 2.64. The van der Waals surface area contributed by atoms with E-state index in [-0.39, 0.29) is 10.9 Å². The fourth-order valence-corrected chi connectivity index (χ4v) is 2.75. The van der Waals surface area contributed by atoms with Gasteiger partial charge >= 0.3 is 0 Å². The lowest BCUT2D eigenvalue weighted by atomic mass is 10.1. The lowest BCUT2D eigenvalue weighted by Gasteiger charge is -2.10. The first-order valence-electron chi connectivity index (χ1n) is 6.31. The molecule has 0 aromatic heterocycles. The van der Waals surface area contributed by atoms with E-state index in [1.807, 2.05) is 13.0 Å². The van der Waals surface area contributed by atoms with Crippen molar-refractivity contribution in [3.63, 3.8) is 0 Å². The maximum Gasteiger partial charge on any atom is 0.240 e. The fraction of sp³-hybridized carbons (Fsp3) is 0.538. The van der Waals surface area contributed by atoms with Crippen LogP contribution in [0.3, 0.4) is 0 Å². The predicted molar refractivity (Wildman–Crippen MR) is 75.3 cm³/mol. The number of hydrogen-bond acceptors (Lipinski definition) is 4. The van der Waals surface area contributed by atoms with Crippen molar-refractivity contribution in [2.45, 2.75) is 30.7 Å². The summed E-state index contributed by atoms with van der Waals surface area (Å²) in [5.41, 5.74) is 6.56. The molecular formula is C13H22N2O3S. The van der Waals surface area contributed by atoms with Crippen LogP contribution in [-0.4, -0.2) is 28.7 Å². The third kappa shape index (κ3) is 5.28. The molecule has 1 atom stereocenters. The van der Waals surface area contributed by atoms with E-state index in [4.69, 9.17) is 10.5 Å². The second-order valence-corrected chi connectivity index (χ2v) is 6.23. The van der Waals surface area contributed by atoms with Crippen LogP contribution in [0, 0.1) is 0 Å². The summed E-state index contributed by atoms with van der Waals surface area (Å²) in [6, 6.07) is 6.53. The average molecular weight is 286 g/mol. The van der Waals surface area contributed by atoms with Gasteiger partial charge in [-0.2, -0.15) is 0 Å². The maximum absolute atomic E-state index is 12.1. The van der Waals surface area contributed by atoms with Crippen LogP contribution in [0.5, 0.6) is 0 Å².